The van der Waals surface area contributed by atoms with Gasteiger partial charge in [0.1, 0.15) is 0 Å². The van der Waals surface area contributed by atoms with Gasteiger partial charge in [-0.2, -0.15) is 4.72 Å². The number of carboxylic acid groups (broad SMARTS) is 1. The molecule has 0 aliphatic carbocycles. The number of nitrogens with one attached hydrogen (secondary N) is 1. The van der Waals surface area contributed by atoms with Gasteiger partial charge in [-0.25, -0.2) is 13.2 Å². The molecule has 7 nitrogen and oxygen atoms in total. The van der Waals surface area contributed by atoms with Crippen LogP contribution in [0, 0.1) is 0 Å². The summed E-state index contributed by atoms with van der Waals surface area (Å²) in [5, 5.41) is 10.5. The van der Waals surface area contributed by atoms with E-state index in [1.54, 1.807) is 18.2 Å². The smallest absolute Gasteiger partial charge is 0.339 e. The molecule has 0 saturated heterocycles. The monoisotopic (exact) mass is 351 g/mol. The van der Waals surface area contributed by atoms with Gasteiger partial charge in [-0.1, -0.05) is 31.2 Å². The standard InChI is InChI=1S/C16H21N3O4S/c1-4-16(17,15(20)21)18-24(22,23)14-10-6-7-11-12(14)8-5-9-13(11)19(2)3/h5-10,18H,4,17H2,1-3H3,(H,20,21). The van der Waals surface area contributed by atoms with Gasteiger partial charge in [0.25, 0.3) is 0 Å². The van der Waals surface area contributed by atoms with E-state index in [2.05, 4.69) is 4.72 Å². The molecule has 0 amide bonds. The minimum atomic E-state index is -4.12. The van der Waals surface area contributed by atoms with Crippen molar-refractivity contribution in [1.29, 1.82) is 0 Å². The highest BCUT2D eigenvalue weighted by Gasteiger charge is 2.37. The van der Waals surface area contributed by atoms with Crippen LogP contribution < -0.4 is 15.4 Å². The first-order chi connectivity index (χ1) is 11.1. The van der Waals surface area contributed by atoms with E-state index in [0.29, 0.717) is 5.39 Å². The van der Waals surface area contributed by atoms with Crippen molar-refractivity contribution in [3.63, 3.8) is 0 Å². The molecule has 130 valence electrons. The number of benzene rings is 2. The van der Waals surface area contributed by atoms with Gasteiger partial charge in [0.15, 0.2) is 5.66 Å². The highest BCUT2D eigenvalue weighted by Crippen LogP contribution is 2.30. The summed E-state index contributed by atoms with van der Waals surface area (Å²) in [6, 6.07) is 10.2. The SMILES string of the molecule is CCC(N)(NS(=O)(=O)c1cccc2c(N(C)C)cccc12)C(=O)O. The van der Waals surface area contributed by atoms with E-state index in [0.717, 1.165) is 11.1 Å². The third kappa shape index (κ3) is 3.21. The van der Waals surface area contributed by atoms with Crippen molar-refractivity contribution >= 4 is 32.5 Å². The zero-order valence-corrected chi connectivity index (χ0v) is 14.6. The Morgan fingerprint density at radius 1 is 1.21 bits per heavy atom. The Morgan fingerprint density at radius 2 is 1.79 bits per heavy atom. The predicted molar refractivity (Wildman–Crippen MR) is 93.4 cm³/mol. The summed E-state index contributed by atoms with van der Waals surface area (Å²) in [6.45, 7) is 1.50. The van der Waals surface area contributed by atoms with Gasteiger partial charge < -0.3 is 15.7 Å². The lowest BCUT2D eigenvalue weighted by atomic mass is 10.1. The van der Waals surface area contributed by atoms with Crippen molar-refractivity contribution < 1.29 is 18.3 Å². The number of nitrogens with zero attached hydrogens (tertiary/aromatic N) is 1. The summed E-state index contributed by atoms with van der Waals surface area (Å²) < 4.78 is 27.6. The van der Waals surface area contributed by atoms with Crippen LogP contribution in [0.15, 0.2) is 41.3 Å². The minimum Gasteiger partial charge on any atom is -0.479 e. The zero-order chi connectivity index (χ0) is 18.1. The number of anilines is 1. The third-order valence-electron chi connectivity index (χ3n) is 3.89. The molecule has 0 heterocycles. The second kappa shape index (κ2) is 6.39. The van der Waals surface area contributed by atoms with E-state index in [1.807, 2.05) is 31.1 Å². The molecule has 0 aromatic heterocycles. The molecule has 0 aliphatic rings. The Balaban J connectivity index is 2.64. The van der Waals surface area contributed by atoms with E-state index in [1.165, 1.54) is 13.0 Å². The lowest BCUT2D eigenvalue weighted by molar-refractivity contribution is -0.144. The molecule has 2 rings (SSSR count). The van der Waals surface area contributed by atoms with Crippen LogP contribution in [0.4, 0.5) is 5.69 Å². The molecule has 8 heteroatoms. The van der Waals surface area contributed by atoms with E-state index < -0.39 is 21.7 Å². The molecule has 4 N–H and O–H groups in total. The Labute approximate surface area is 141 Å². The first-order valence-electron chi connectivity index (χ1n) is 7.37. The molecule has 2 aromatic rings. The number of carbonyl (C=O) groups is 1. The second-order valence-electron chi connectivity index (χ2n) is 5.76. The summed E-state index contributed by atoms with van der Waals surface area (Å²) >= 11 is 0. The minimum absolute atomic E-state index is 0.00627. The van der Waals surface area contributed by atoms with E-state index >= 15 is 0 Å². The van der Waals surface area contributed by atoms with Crippen LogP contribution in [0.5, 0.6) is 0 Å². The number of fused-ring (bicyclic) bond motifs is 1. The molecule has 0 saturated carbocycles. The fourth-order valence-corrected chi connectivity index (χ4v) is 4.00. The Morgan fingerprint density at radius 3 is 2.33 bits per heavy atom. The first kappa shape index (κ1) is 18.2. The molecule has 1 unspecified atom stereocenters. The molecule has 1 atom stereocenters. The number of carboxylic acids is 1. The van der Waals surface area contributed by atoms with Crippen molar-refractivity contribution in [2.75, 3.05) is 19.0 Å². The second-order valence-corrected chi connectivity index (χ2v) is 7.41. The Hall–Kier alpha value is -2.16. The number of hydrogen-bond acceptors (Lipinski definition) is 5. The molecular formula is C16H21N3O4S. The maximum absolute atomic E-state index is 12.7. The van der Waals surface area contributed by atoms with Gasteiger partial charge in [0.2, 0.25) is 10.0 Å². The quantitative estimate of drug-likeness (QED) is 0.677. The van der Waals surface area contributed by atoms with E-state index in [-0.39, 0.29) is 11.3 Å². The fraction of sp³-hybridized carbons (Fsp3) is 0.312. The number of hydrogen-bond donors (Lipinski definition) is 3. The van der Waals surface area contributed by atoms with Crippen LogP contribution in [0.25, 0.3) is 10.8 Å². The van der Waals surface area contributed by atoms with E-state index in [4.69, 9.17) is 5.73 Å². The predicted octanol–water partition coefficient (Wildman–Crippen LogP) is 1.33. The molecule has 0 radical (unpaired) electrons. The van der Waals surface area contributed by atoms with Crippen LogP contribution in [0.1, 0.15) is 13.3 Å². The highest BCUT2D eigenvalue weighted by molar-refractivity contribution is 7.89. The summed E-state index contributed by atoms with van der Waals surface area (Å²) in [5.74, 6) is -1.43. The maximum atomic E-state index is 12.7. The van der Waals surface area contributed by atoms with Crippen molar-refractivity contribution in [2.24, 2.45) is 5.73 Å². The van der Waals surface area contributed by atoms with Gasteiger partial charge in [0.05, 0.1) is 4.90 Å². The van der Waals surface area contributed by atoms with Gasteiger partial charge >= 0.3 is 5.97 Å². The van der Waals surface area contributed by atoms with Crippen molar-refractivity contribution in [1.82, 2.24) is 4.72 Å². The third-order valence-corrected chi connectivity index (χ3v) is 5.45. The topological polar surface area (TPSA) is 113 Å². The van der Waals surface area contributed by atoms with E-state index in [9.17, 15) is 18.3 Å². The van der Waals surface area contributed by atoms with Gasteiger partial charge in [-0.05, 0) is 18.6 Å². The average Bonchev–Trinajstić information content (AvgIpc) is 2.52. The van der Waals surface area contributed by atoms with Gasteiger partial charge in [-0.15, -0.1) is 0 Å². The zero-order valence-electron chi connectivity index (χ0n) is 13.8. The molecule has 0 aliphatic heterocycles. The molecule has 24 heavy (non-hydrogen) atoms. The van der Waals surface area contributed by atoms with Crippen LogP contribution in [0.2, 0.25) is 0 Å². The van der Waals surface area contributed by atoms with Crippen LogP contribution in [0.3, 0.4) is 0 Å². The largest absolute Gasteiger partial charge is 0.479 e. The number of aliphatic carboxylic acids is 1. The Kier molecular flexibility index (Phi) is 4.84. The highest BCUT2D eigenvalue weighted by atomic mass is 32.2. The number of sulfonamides is 1. The first-order valence-corrected chi connectivity index (χ1v) is 8.86. The summed E-state index contributed by atoms with van der Waals surface area (Å²) in [7, 11) is -0.395. The number of rotatable bonds is 6. The van der Waals surface area contributed by atoms with Crippen LogP contribution in [-0.2, 0) is 14.8 Å². The Bertz CT molecular complexity index is 880. The molecular weight excluding hydrogens is 330 g/mol. The molecule has 2 aromatic carbocycles. The summed E-state index contributed by atoms with van der Waals surface area (Å²) in [6.07, 6.45) is -0.0880. The van der Waals surface area contributed by atoms with Crippen molar-refractivity contribution in [3.05, 3.63) is 36.4 Å². The lowest BCUT2D eigenvalue weighted by Gasteiger charge is -2.24. The molecule has 0 bridgehead atoms. The maximum Gasteiger partial charge on any atom is 0.339 e. The van der Waals surface area contributed by atoms with Crippen LogP contribution in [-0.4, -0.2) is 39.3 Å². The summed E-state index contributed by atoms with van der Waals surface area (Å²) in [4.78, 5) is 13.2. The molecule has 0 spiro atoms. The fourth-order valence-electron chi connectivity index (χ4n) is 2.45. The van der Waals surface area contributed by atoms with Gasteiger partial charge in [-0.3, -0.25) is 0 Å². The average molecular weight is 351 g/mol. The van der Waals surface area contributed by atoms with Crippen molar-refractivity contribution in [2.45, 2.75) is 23.9 Å². The summed E-state index contributed by atoms with van der Waals surface area (Å²) in [5.41, 5.74) is 4.49. The lowest BCUT2D eigenvalue weighted by Crippen LogP contribution is -2.60. The van der Waals surface area contributed by atoms with Crippen molar-refractivity contribution in [3.8, 4) is 0 Å². The normalized spacial score (nSPS) is 14.3. The molecule has 0 fully saturated rings. The van der Waals surface area contributed by atoms with Crippen LogP contribution >= 0.6 is 0 Å². The van der Waals surface area contributed by atoms with Gasteiger partial charge in [0, 0.05) is 30.6 Å². The number of nitrogens with two attached hydrogens (primary N) is 1.